The number of aliphatic carboxylic acids is 1. The molecule has 1 fully saturated rings. The van der Waals surface area contributed by atoms with Gasteiger partial charge in [-0.3, -0.25) is 19.3 Å². The molecule has 2 aromatic rings. The molecule has 1 aromatic heterocycles. The van der Waals surface area contributed by atoms with Crippen molar-refractivity contribution in [2.45, 2.75) is 24.4 Å². The topological polar surface area (TPSA) is 155 Å². The summed E-state index contributed by atoms with van der Waals surface area (Å²) < 4.78 is 0. The Morgan fingerprint density at radius 2 is 2.00 bits per heavy atom. The largest absolute Gasteiger partial charge is 0.477 e. The molecule has 2 aliphatic heterocycles. The quantitative estimate of drug-likeness (QED) is 0.453. The first-order valence-corrected chi connectivity index (χ1v) is 11.4. The number of nitrogens with zero attached hydrogens (tertiary/aromatic N) is 2. The van der Waals surface area contributed by atoms with Crippen LogP contribution < -0.4 is 16.4 Å². The van der Waals surface area contributed by atoms with Crippen molar-refractivity contribution < 1.29 is 24.3 Å². The number of carboxylic acid groups (broad SMARTS) is 1. The number of amides is 3. The highest BCUT2D eigenvalue weighted by molar-refractivity contribution is 8.00. The molecule has 0 radical (unpaired) electrons. The van der Waals surface area contributed by atoms with Crippen molar-refractivity contribution in [3.05, 3.63) is 52.7 Å². The third-order valence-corrected chi connectivity index (χ3v) is 7.25. The van der Waals surface area contributed by atoms with E-state index in [0.717, 1.165) is 11.3 Å². The molecule has 0 spiro atoms. The summed E-state index contributed by atoms with van der Waals surface area (Å²) >= 11 is 2.47. The van der Waals surface area contributed by atoms with Crippen LogP contribution in [0, 0.1) is 0 Å². The number of thioether (sulfide) groups is 1. The Balaban J connectivity index is 1.53. The first kappa shape index (κ1) is 22.0. The van der Waals surface area contributed by atoms with E-state index in [9.17, 15) is 24.3 Å². The number of rotatable bonds is 6. The van der Waals surface area contributed by atoms with Gasteiger partial charge in [0.1, 0.15) is 23.2 Å². The van der Waals surface area contributed by atoms with E-state index in [2.05, 4.69) is 15.6 Å². The monoisotopic (exact) mass is 473 g/mol. The lowest BCUT2D eigenvalue weighted by molar-refractivity contribution is -0.150. The molecule has 12 heteroatoms. The van der Waals surface area contributed by atoms with Crippen LogP contribution in [-0.4, -0.2) is 55.8 Å². The summed E-state index contributed by atoms with van der Waals surface area (Å²) in [5, 5.41) is 14.8. The fourth-order valence-corrected chi connectivity index (χ4v) is 5.85. The summed E-state index contributed by atoms with van der Waals surface area (Å²) in [6.45, 7) is 1.35. The van der Waals surface area contributed by atoms with Gasteiger partial charge in [-0.2, -0.15) is 0 Å². The number of carbonyl (C=O) groups excluding carboxylic acids is 3. The second-order valence-corrected chi connectivity index (χ2v) is 9.26. The molecule has 5 N–H and O–H groups in total. The molecule has 0 saturated carbocycles. The van der Waals surface area contributed by atoms with E-state index < -0.39 is 35.2 Å². The molecule has 4 rings (SSSR count). The maximum absolute atomic E-state index is 12.8. The minimum Gasteiger partial charge on any atom is -0.477 e. The molecule has 1 aromatic carbocycles. The minimum atomic E-state index is -1.25. The number of carbonyl (C=O) groups is 4. The van der Waals surface area contributed by atoms with Crippen LogP contribution >= 0.6 is 23.1 Å². The van der Waals surface area contributed by atoms with Crippen molar-refractivity contribution in [1.29, 1.82) is 0 Å². The van der Waals surface area contributed by atoms with Crippen LogP contribution in [0.15, 0.2) is 42.2 Å². The fourth-order valence-electron chi connectivity index (χ4n) is 3.48. The van der Waals surface area contributed by atoms with Gasteiger partial charge in [0.05, 0.1) is 4.88 Å². The number of carboxylic acids is 1. The Kier molecular flexibility index (Phi) is 6.00. The molecule has 3 amide bonds. The number of benzene rings is 1. The first-order valence-electron chi connectivity index (χ1n) is 9.53. The van der Waals surface area contributed by atoms with E-state index in [1.54, 1.807) is 30.3 Å². The van der Waals surface area contributed by atoms with E-state index in [1.165, 1.54) is 29.8 Å². The Labute approximate surface area is 190 Å². The van der Waals surface area contributed by atoms with E-state index >= 15 is 0 Å². The van der Waals surface area contributed by atoms with E-state index in [4.69, 9.17) is 5.73 Å². The molecule has 1 saturated heterocycles. The Hall–Kier alpha value is -3.22. The molecule has 2 aliphatic rings. The third kappa shape index (κ3) is 3.99. The van der Waals surface area contributed by atoms with Crippen LogP contribution in [0.4, 0.5) is 5.13 Å². The molecule has 10 nitrogen and oxygen atoms in total. The molecular weight excluding hydrogens is 454 g/mol. The van der Waals surface area contributed by atoms with Crippen molar-refractivity contribution in [3.63, 3.8) is 0 Å². The number of hydrogen-bond acceptors (Lipinski definition) is 8. The molecule has 0 aliphatic carbocycles. The first-order chi connectivity index (χ1) is 15.3. The molecule has 3 heterocycles. The molecule has 3 atom stereocenters. The zero-order valence-electron chi connectivity index (χ0n) is 16.8. The third-order valence-electron chi connectivity index (χ3n) is 5.00. The maximum atomic E-state index is 12.8. The molecule has 0 bridgehead atoms. The summed E-state index contributed by atoms with van der Waals surface area (Å²) in [4.78, 5) is 54.5. The normalized spacial score (nSPS) is 20.8. The van der Waals surface area contributed by atoms with Crippen molar-refractivity contribution in [1.82, 2.24) is 15.2 Å². The summed E-state index contributed by atoms with van der Waals surface area (Å²) in [5.41, 5.74) is 6.91. The van der Waals surface area contributed by atoms with Crippen molar-refractivity contribution >= 4 is 57.5 Å². The summed E-state index contributed by atoms with van der Waals surface area (Å²) in [6, 6.07) is 6.96. The number of aromatic nitrogens is 1. The van der Waals surface area contributed by atoms with Crippen LogP contribution in [0.5, 0.6) is 0 Å². The van der Waals surface area contributed by atoms with Gasteiger partial charge in [0.25, 0.3) is 5.91 Å². The molecule has 166 valence electrons. The summed E-state index contributed by atoms with van der Waals surface area (Å²) in [5.74, 6) is -2.27. The Bertz CT molecular complexity index is 1130. The average Bonchev–Trinajstić information content (AvgIpc) is 3.23. The highest BCUT2D eigenvalue weighted by Crippen LogP contribution is 2.44. The van der Waals surface area contributed by atoms with Crippen molar-refractivity contribution in [2.75, 3.05) is 11.1 Å². The van der Waals surface area contributed by atoms with Crippen LogP contribution in [-0.2, 0) is 19.2 Å². The van der Waals surface area contributed by atoms with Crippen LogP contribution in [0.3, 0.4) is 0 Å². The van der Waals surface area contributed by atoms with Gasteiger partial charge in [0.15, 0.2) is 5.13 Å². The number of hydrogen-bond donors (Lipinski definition) is 4. The SMILES string of the molecule is CC(=O)Nc1ncc(C2=C(C(=O)O)N3C(=O)C(NC(=O)[C@H](N)c4ccccc4)C3SC2)s1. The molecule has 2 unspecified atom stereocenters. The Morgan fingerprint density at radius 3 is 2.66 bits per heavy atom. The molecular formula is C20H19N5O5S2. The lowest BCUT2D eigenvalue weighted by atomic mass is 10.0. The number of thiazole rings is 1. The van der Waals surface area contributed by atoms with E-state index in [1.807, 2.05) is 0 Å². The standard InChI is InChI=1S/C20H19N5O5S2/c1-9(26)23-20-22-7-12(32-20)11-8-31-18-14(17(28)25(18)15(11)19(29)30)24-16(27)13(21)10-5-3-2-4-6-10/h2-7,13-14,18H,8,21H2,1H3,(H,24,27)(H,29,30)(H,22,23,26)/t13-,14?,18?/m1/s1. The second kappa shape index (κ2) is 8.73. The van der Waals surface area contributed by atoms with Crippen LogP contribution in [0.2, 0.25) is 0 Å². The Morgan fingerprint density at radius 1 is 1.28 bits per heavy atom. The van der Waals surface area contributed by atoms with Crippen molar-refractivity contribution in [3.8, 4) is 0 Å². The number of fused-ring (bicyclic) bond motifs is 1. The van der Waals surface area contributed by atoms with Gasteiger partial charge in [0.2, 0.25) is 11.8 Å². The lowest BCUT2D eigenvalue weighted by Gasteiger charge is -2.49. The minimum absolute atomic E-state index is 0.144. The highest BCUT2D eigenvalue weighted by atomic mass is 32.2. The second-order valence-electron chi connectivity index (χ2n) is 7.13. The van der Waals surface area contributed by atoms with Gasteiger partial charge in [-0.15, -0.1) is 11.8 Å². The van der Waals surface area contributed by atoms with E-state index in [0.29, 0.717) is 26.9 Å². The van der Waals surface area contributed by atoms with E-state index in [-0.39, 0.29) is 11.6 Å². The van der Waals surface area contributed by atoms with Gasteiger partial charge in [-0.05, 0) is 5.56 Å². The maximum Gasteiger partial charge on any atom is 0.353 e. The zero-order valence-corrected chi connectivity index (χ0v) is 18.4. The highest BCUT2D eigenvalue weighted by Gasteiger charge is 2.54. The van der Waals surface area contributed by atoms with Gasteiger partial charge in [-0.25, -0.2) is 9.78 Å². The number of nitrogens with two attached hydrogens (primary N) is 1. The average molecular weight is 474 g/mol. The smallest absolute Gasteiger partial charge is 0.353 e. The van der Waals surface area contributed by atoms with Gasteiger partial charge in [-0.1, -0.05) is 41.7 Å². The number of nitrogens with one attached hydrogen (secondary N) is 2. The van der Waals surface area contributed by atoms with Gasteiger partial charge in [0, 0.05) is 24.4 Å². The summed E-state index contributed by atoms with van der Waals surface area (Å²) in [6.07, 6.45) is 1.47. The van der Waals surface area contributed by atoms with Crippen LogP contribution in [0.1, 0.15) is 23.4 Å². The van der Waals surface area contributed by atoms with Gasteiger partial charge >= 0.3 is 5.97 Å². The van der Waals surface area contributed by atoms with Crippen LogP contribution in [0.25, 0.3) is 5.57 Å². The van der Waals surface area contributed by atoms with Crippen molar-refractivity contribution in [2.24, 2.45) is 5.73 Å². The number of β-lactam (4-membered cyclic amide) rings is 1. The predicted octanol–water partition coefficient (Wildman–Crippen LogP) is 0.997. The lowest BCUT2D eigenvalue weighted by Crippen LogP contribution is -2.70. The molecule has 32 heavy (non-hydrogen) atoms. The van der Waals surface area contributed by atoms with Gasteiger partial charge < -0.3 is 21.5 Å². The predicted molar refractivity (Wildman–Crippen MR) is 119 cm³/mol. The zero-order chi connectivity index (χ0) is 23.0. The number of anilines is 1. The summed E-state index contributed by atoms with van der Waals surface area (Å²) in [7, 11) is 0. The fraction of sp³-hybridized carbons (Fsp3) is 0.250.